The molecule has 9 heteroatoms. The third-order valence-corrected chi connectivity index (χ3v) is 9.01. The van der Waals surface area contributed by atoms with Crippen molar-refractivity contribution in [3.63, 3.8) is 0 Å². The van der Waals surface area contributed by atoms with Crippen LogP contribution in [-0.2, 0) is 10.0 Å². The molecular weight excluding hydrogens is 454 g/mol. The van der Waals surface area contributed by atoms with Crippen LogP contribution in [0.4, 0.5) is 0 Å². The molecule has 162 valence electrons. The summed E-state index contributed by atoms with van der Waals surface area (Å²) in [7, 11) is -3.73. The number of hydrogen-bond acceptors (Lipinski definition) is 5. The van der Waals surface area contributed by atoms with Gasteiger partial charge in [-0.15, -0.1) is 11.3 Å². The van der Waals surface area contributed by atoms with E-state index in [4.69, 9.17) is 16.6 Å². The largest absolute Gasteiger partial charge is 0.339 e. The van der Waals surface area contributed by atoms with Gasteiger partial charge in [0.25, 0.3) is 5.91 Å². The molecule has 6 nitrogen and oxygen atoms in total. The molecule has 0 bridgehead atoms. The van der Waals surface area contributed by atoms with Crippen LogP contribution >= 0.6 is 22.9 Å². The van der Waals surface area contributed by atoms with Gasteiger partial charge in [-0.05, 0) is 56.0 Å². The van der Waals surface area contributed by atoms with E-state index in [0.29, 0.717) is 24.6 Å². The number of aromatic nitrogens is 1. The summed E-state index contributed by atoms with van der Waals surface area (Å²) in [6.45, 7) is 1.23. The van der Waals surface area contributed by atoms with Crippen LogP contribution < -0.4 is 4.72 Å². The molecular formula is C22H22ClN3O3S2. The Balaban J connectivity index is 1.29. The van der Waals surface area contributed by atoms with Crippen molar-refractivity contribution in [1.82, 2.24) is 14.6 Å². The predicted octanol–water partition coefficient (Wildman–Crippen LogP) is 4.41. The van der Waals surface area contributed by atoms with Crippen LogP contribution in [0.15, 0.2) is 47.4 Å². The lowest BCUT2D eigenvalue weighted by Gasteiger charge is -2.31. The average molecular weight is 476 g/mol. The van der Waals surface area contributed by atoms with Gasteiger partial charge < -0.3 is 4.90 Å². The van der Waals surface area contributed by atoms with E-state index in [1.54, 1.807) is 22.3 Å². The molecule has 1 aromatic heterocycles. The third kappa shape index (κ3) is 4.35. The summed E-state index contributed by atoms with van der Waals surface area (Å²) in [5.41, 5.74) is 1.37. The molecule has 31 heavy (non-hydrogen) atoms. The molecule has 0 radical (unpaired) electrons. The molecule has 1 N–H and O–H groups in total. The fraction of sp³-hybridized carbons (Fsp3) is 0.364. The lowest BCUT2D eigenvalue weighted by molar-refractivity contribution is 0.0712. The number of carbonyl (C=O) groups excluding carboxylic acids is 1. The zero-order valence-corrected chi connectivity index (χ0v) is 19.1. The summed E-state index contributed by atoms with van der Waals surface area (Å²) in [5.74, 6) is 0.174. The number of sulfonamides is 1. The molecule has 2 aliphatic rings. The molecule has 1 aliphatic heterocycles. The molecule has 1 saturated heterocycles. The zero-order chi connectivity index (χ0) is 21.6. The summed E-state index contributed by atoms with van der Waals surface area (Å²) in [6, 6.07) is 12.6. The first kappa shape index (κ1) is 20.9. The third-order valence-electron chi connectivity index (χ3n) is 5.81. The van der Waals surface area contributed by atoms with Gasteiger partial charge in [0.05, 0.1) is 20.2 Å². The van der Waals surface area contributed by atoms with E-state index in [9.17, 15) is 13.2 Å². The van der Waals surface area contributed by atoms with Gasteiger partial charge >= 0.3 is 0 Å². The molecule has 1 saturated carbocycles. The molecule has 2 aromatic carbocycles. The van der Waals surface area contributed by atoms with Crippen LogP contribution in [0.5, 0.6) is 0 Å². The van der Waals surface area contributed by atoms with Crippen molar-refractivity contribution in [1.29, 1.82) is 0 Å². The lowest BCUT2D eigenvalue weighted by atomic mass is 9.97. The number of carbonyl (C=O) groups is 1. The second-order valence-electron chi connectivity index (χ2n) is 8.13. The second-order valence-corrected chi connectivity index (χ2v) is 11.3. The van der Waals surface area contributed by atoms with Crippen LogP contribution in [0.25, 0.3) is 10.2 Å². The number of piperidine rings is 1. The van der Waals surface area contributed by atoms with Crippen molar-refractivity contribution in [2.75, 3.05) is 13.1 Å². The molecule has 0 atom stereocenters. The Kier molecular flexibility index (Phi) is 5.50. The van der Waals surface area contributed by atoms with Crippen molar-refractivity contribution in [3.05, 3.63) is 58.1 Å². The van der Waals surface area contributed by atoms with Crippen molar-refractivity contribution in [3.8, 4) is 0 Å². The summed E-state index contributed by atoms with van der Waals surface area (Å²) < 4.78 is 29.0. The Bertz CT molecular complexity index is 1210. The average Bonchev–Trinajstić information content (AvgIpc) is 3.46. The quantitative estimate of drug-likeness (QED) is 0.592. The summed E-state index contributed by atoms with van der Waals surface area (Å²) >= 11 is 7.87. The smallest absolute Gasteiger partial charge is 0.253 e. The van der Waals surface area contributed by atoms with Crippen molar-refractivity contribution in [2.45, 2.75) is 42.5 Å². The topological polar surface area (TPSA) is 79.4 Å². The molecule has 3 aromatic rings. The van der Waals surface area contributed by atoms with Crippen LogP contribution in [0.2, 0.25) is 5.02 Å². The number of halogens is 1. The number of rotatable bonds is 5. The van der Waals surface area contributed by atoms with Gasteiger partial charge in [0.1, 0.15) is 4.90 Å². The van der Waals surface area contributed by atoms with E-state index < -0.39 is 10.0 Å². The van der Waals surface area contributed by atoms with Crippen molar-refractivity contribution < 1.29 is 13.2 Å². The highest BCUT2D eigenvalue weighted by atomic mass is 35.5. The molecule has 0 spiro atoms. The molecule has 5 rings (SSSR count). The maximum atomic E-state index is 13.1. The summed E-state index contributed by atoms with van der Waals surface area (Å²) in [6.07, 6.45) is 3.35. The highest BCUT2D eigenvalue weighted by Crippen LogP contribution is 2.34. The Hall–Kier alpha value is -2.00. The normalized spacial score (nSPS) is 17.9. The first-order chi connectivity index (χ1) is 14.9. The number of thiazole rings is 1. The fourth-order valence-corrected chi connectivity index (χ4v) is 6.87. The van der Waals surface area contributed by atoms with Gasteiger partial charge in [0.2, 0.25) is 10.0 Å². The van der Waals surface area contributed by atoms with Gasteiger partial charge in [-0.1, -0.05) is 23.7 Å². The van der Waals surface area contributed by atoms with Gasteiger partial charge in [-0.25, -0.2) is 18.1 Å². The van der Waals surface area contributed by atoms with Crippen LogP contribution in [0, 0.1) is 0 Å². The van der Waals surface area contributed by atoms with Crippen LogP contribution in [0.1, 0.15) is 47.0 Å². The van der Waals surface area contributed by atoms with Gasteiger partial charge in [-0.2, -0.15) is 0 Å². The zero-order valence-electron chi connectivity index (χ0n) is 16.8. The number of nitrogens with zero attached hydrogens (tertiary/aromatic N) is 2. The SMILES string of the molecule is O=C(c1ccc(Cl)c(S(=O)(=O)NC2CC2)c1)N1CCC(c2nc3ccccc3s2)CC1. The second kappa shape index (κ2) is 8.16. The summed E-state index contributed by atoms with van der Waals surface area (Å²) in [4.78, 5) is 19.6. The monoisotopic (exact) mass is 475 g/mol. The van der Waals surface area contributed by atoms with Crippen LogP contribution in [-0.4, -0.2) is 43.3 Å². The lowest BCUT2D eigenvalue weighted by Crippen LogP contribution is -2.38. The predicted molar refractivity (Wildman–Crippen MR) is 122 cm³/mol. The molecule has 1 amide bonds. The van der Waals surface area contributed by atoms with Gasteiger partial charge in [0.15, 0.2) is 0 Å². The van der Waals surface area contributed by atoms with E-state index >= 15 is 0 Å². The minimum atomic E-state index is -3.73. The maximum Gasteiger partial charge on any atom is 0.253 e. The first-order valence-corrected chi connectivity index (χ1v) is 13.0. The Morgan fingerprint density at radius 2 is 1.84 bits per heavy atom. The van der Waals surface area contributed by atoms with Crippen LogP contribution in [0.3, 0.4) is 0 Å². The fourth-order valence-electron chi connectivity index (χ4n) is 3.90. The number of nitrogens with one attached hydrogen (secondary N) is 1. The van der Waals surface area contributed by atoms with E-state index in [0.717, 1.165) is 36.2 Å². The van der Waals surface area contributed by atoms with E-state index in [1.807, 2.05) is 18.2 Å². The highest BCUT2D eigenvalue weighted by Gasteiger charge is 2.31. The molecule has 2 heterocycles. The Morgan fingerprint density at radius 1 is 1.10 bits per heavy atom. The number of benzene rings is 2. The van der Waals surface area contributed by atoms with E-state index in [-0.39, 0.29) is 21.9 Å². The minimum Gasteiger partial charge on any atom is -0.339 e. The highest BCUT2D eigenvalue weighted by molar-refractivity contribution is 7.89. The Morgan fingerprint density at radius 3 is 2.55 bits per heavy atom. The molecule has 0 unspecified atom stereocenters. The number of fused-ring (bicyclic) bond motifs is 1. The number of para-hydroxylation sites is 1. The minimum absolute atomic E-state index is 0.0260. The van der Waals surface area contributed by atoms with Crippen molar-refractivity contribution in [2.24, 2.45) is 0 Å². The molecule has 2 fully saturated rings. The van der Waals surface area contributed by atoms with E-state index in [2.05, 4.69) is 10.8 Å². The van der Waals surface area contributed by atoms with E-state index in [1.165, 1.54) is 16.8 Å². The Labute approximate surface area is 190 Å². The van der Waals surface area contributed by atoms with Crippen molar-refractivity contribution >= 4 is 49.1 Å². The van der Waals surface area contributed by atoms with Gasteiger partial charge in [0, 0.05) is 30.6 Å². The summed E-state index contributed by atoms with van der Waals surface area (Å²) in [5, 5.41) is 1.25. The number of hydrogen-bond donors (Lipinski definition) is 1. The molecule has 1 aliphatic carbocycles. The standard InChI is InChI=1S/C22H22ClN3O3S2/c23-17-8-5-15(13-20(17)31(28,29)25-16-6-7-16)22(27)26-11-9-14(10-12-26)21-24-18-3-1-2-4-19(18)30-21/h1-5,8,13-14,16,25H,6-7,9-12H2. The van der Waals surface area contributed by atoms with Gasteiger partial charge in [-0.3, -0.25) is 4.79 Å². The maximum absolute atomic E-state index is 13.1. The number of amides is 1. The first-order valence-electron chi connectivity index (χ1n) is 10.4. The number of likely N-dealkylation sites (tertiary alicyclic amines) is 1.